The molecule has 0 aliphatic carbocycles. The Morgan fingerprint density at radius 2 is 1.79 bits per heavy atom. The number of benzene rings is 2. The molecular weight excluding hydrogens is 370 g/mol. The fourth-order valence-electron chi connectivity index (χ4n) is 3.48. The second kappa shape index (κ2) is 9.05. The van der Waals surface area contributed by atoms with E-state index in [2.05, 4.69) is 16.3 Å². The number of rotatable bonds is 6. The van der Waals surface area contributed by atoms with E-state index < -0.39 is 0 Å². The van der Waals surface area contributed by atoms with E-state index in [1.165, 1.54) is 11.1 Å². The average molecular weight is 397 g/mol. The van der Waals surface area contributed by atoms with Crippen LogP contribution in [0.5, 0.6) is 17.2 Å². The van der Waals surface area contributed by atoms with E-state index in [1.54, 1.807) is 0 Å². The van der Waals surface area contributed by atoms with Gasteiger partial charge in [-0.3, -0.25) is 4.90 Å². The summed E-state index contributed by atoms with van der Waals surface area (Å²) in [5.74, 6) is 2.44. The second-order valence-electron chi connectivity index (χ2n) is 7.34. The number of hydrogen-bond acceptors (Lipinski definition) is 5. The van der Waals surface area contributed by atoms with Crippen LogP contribution in [0.1, 0.15) is 11.1 Å². The van der Waals surface area contributed by atoms with Crippen molar-refractivity contribution >= 4 is 6.03 Å². The van der Waals surface area contributed by atoms with Gasteiger partial charge < -0.3 is 24.4 Å². The number of nitrogens with zero attached hydrogens (tertiary/aromatic N) is 2. The van der Waals surface area contributed by atoms with Crippen LogP contribution < -0.4 is 19.5 Å². The number of fused-ring (bicyclic) bond motifs is 1. The topological polar surface area (TPSA) is 63.3 Å². The summed E-state index contributed by atoms with van der Waals surface area (Å²) in [4.78, 5) is 16.6. The maximum atomic E-state index is 12.4. The predicted molar refractivity (Wildman–Crippen MR) is 109 cm³/mol. The van der Waals surface area contributed by atoms with Crippen LogP contribution in [-0.2, 0) is 6.54 Å². The van der Waals surface area contributed by atoms with Crippen molar-refractivity contribution in [3.8, 4) is 17.2 Å². The van der Waals surface area contributed by atoms with Crippen molar-refractivity contribution in [2.45, 2.75) is 13.5 Å². The van der Waals surface area contributed by atoms with Crippen molar-refractivity contribution in [3.05, 3.63) is 53.6 Å². The molecule has 29 heavy (non-hydrogen) atoms. The lowest BCUT2D eigenvalue weighted by Gasteiger charge is -2.34. The van der Waals surface area contributed by atoms with Gasteiger partial charge in [-0.1, -0.05) is 23.8 Å². The summed E-state index contributed by atoms with van der Waals surface area (Å²) >= 11 is 0. The van der Waals surface area contributed by atoms with Crippen LogP contribution in [0.15, 0.2) is 42.5 Å². The van der Waals surface area contributed by atoms with Gasteiger partial charge in [0.15, 0.2) is 11.5 Å². The number of hydrogen-bond donors (Lipinski definition) is 1. The lowest BCUT2D eigenvalue weighted by atomic mass is 10.1. The summed E-state index contributed by atoms with van der Waals surface area (Å²) in [5, 5.41) is 2.94. The van der Waals surface area contributed by atoms with Gasteiger partial charge in [0.2, 0.25) is 6.79 Å². The van der Waals surface area contributed by atoms with E-state index in [-0.39, 0.29) is 6.03 Å². The quantitative estimate of drug-likeness (QED) is 0.760. The summed E-state index contributed by atoms with van der Waals surface area (Å²) in [5.41, 5.74) is 2.39. The third-order valence-electron chi connectivity index (χ3n) is 5.17. The van der Waals surface area contributed by atoms with Crippen LogP contribution in [0.25, 0.3) is 0 Å². The molecule has 2 heterocycles. The number of carbonyl (C=O) groups is 1. The van der Waals surface area contributed by atoms with E-state index in [4.69, 9.17) is 14.2 Å². The summed E-state index contributed by atoms with van der Waals surface area (Å²) < 4.78 is 16.5. The predicted octanol–water partition coefficient (Wildman–Crippen LogP) is 2.63. The van der Waals surface area contributed by atoms with Crippen molar-refractivity contribution in [2.24, 2.45) is 0 Å². The molecule has 0 aromatic heterocycles. The van der Waals surface area contributed by atoms with Crippen LogP contribution in [0, 0.1) is 6.92 Å². The van der Waals surface area contributed by atoms with E-state index in [0.717, 1.165) is 50.0 Å². The molecule has 154 valence electrons. The number of ether oxygens (including phenoxy) is 3. The standard InChI is InChI=1S/C22H27N3O4/c1-17-2-5-19(6-3-17)27-13-8-23-22(26)25-11-9-24(10-12-25)15-18-4-7-20-21(14-18)29-16-28-20/h2-7,14H,8-13,15-16H2,1H3,(H,23,26). The Morgan fingerprint density at radius 3 is 2.59 bits per heavy atom. The summed E-state index contributed by atoms with van der Waals surface area (Å²) in [6.07, 6.45) is 0. The Morgan fingerprint density at radius 1 is 1.03 bits per heavy atom. The maximum Gasteiger partial charge on any atom is 0.317 e. The number of piperazine rings is 1. The van der Waals surface area contributed by atoms with Gasteiger partial charge in [0, 0.05) is 32.7 Å². The Labute approximate surface area is 171 Å². The molecule has 0 atom stereocenters. The first-order valence-corrected chi connectivity index (χ1v) is 10.0. The second-order valence-corrected chi connectivity index (χ2v) is 7.34. The largest absolute Gasteiger partial charge is 0.492 e. The molecule has 2 aromatic rings. The van der Waals surface area contributed by atoms with Gasteiger partial charge >= 0.3 is 6.03 Å². The van der Waals surface area contributed by atoms with Gasteiger partial charge in [0.25, 0.3) is 0 Å². The Hall–Kier alpha value is -2.93. The smallest absolute Gasteiger partial charge is 0.317 e. The molecule has 2 aliphatic rings. The number of nitrogens with one attached hydrogen (secondary N) is 1. The molecule has 0 unspecified atom stereocenters. The normalized spacial score (nSPS) is 16.0. The first-order chi connectivity index (χ1) is 14.2. The SMILES string of the molecule is Cc1ccc(OCCNC(=O)N2CCN(Cc3ccc4c(c3)OCO4)CC2)cc1. The average Bonchev–Trinajstić information content (AvgIpc) is 3.21. The Bertz CT molecular complexity index is 832. The van der Waals surface area contributed by atoms with E-state index in [1.807, 2.05) is 48.2 Å². The highest BCUT2D eigenvalue weighted by atomic mass is 16.7. The molecule has 7 nitrogen and oxygen atoms in total. The monoisotopic (exact) mass is 397 g/mol. The lowest BCUT2D eigenvalue weighted by molar-refractivity contribution is 0.134. The van der Waals surface area contributed by atoms with Crippen LogP contribution >= 0.6 is 0 Å². The molecule has 0 spiro atoms. The molecule has 1 N–H and O–H groups in total. The molecule has 4 rings (SSSR count). The molecule has 0 radical (unpaired) electrons. The van der Waals surface area contributed by atoms with Crippen molar-refractivity contribution < 1.29 is 19.0 Å². The number of amides is 2. The number of aryl methyl sites for hydroxylation is 1. The fraction of sp³-hybridized carbons (Fsp3) is 0.409. The number of carbonyl (C=O) groups excluding carboxylic acids is 1. The van der Waals surface area contributed by atoms with Gasteiger partial charge in [-0.15, -0.1) is 0 Å². The zero-order chi connectivity index (χ0) is 20.1. The van der Waals surface area contributed by atoms with Crippen LogP contribution in [0.3, 0.4) is 0 Å². The zero-order valence-corrected chi connectivity index (χ0v) is 16.7. The van der Waals surface area contributed by atoms with Gasteiger partial charge in [0.1, 0.15) is 12.4 Å². The molecule has 1 saturated heterocycles. The van der Waals surface area contributed by atoms with E-state index in [9.17, 15) is 4.79 Å². The summed E-state index contributed by atoms with van der Waals surface area (Å²) in [7, 11) is 0. The van der Waals surface area contributed by atoms with Crippen molar-refractivity contribution in [1.29, 1.82) is 0 Å². The van der Waals surface area contributed by atoms with Gasteiger partial charge in [-0.25, -0.2) is 4.79 Å². The van der Waals surface area contributed by atoms with E-state index >= 15 is 0 Å². The lowest BCUT2D eigenvalue weighted by Crippen LogP contribution is -2.51. The van der Waals surface area contributed by atoms with Crippen LogP contribution in [0.2, 0.25) is 0 Å². The van der Waals surface area contributed by atoms with Gasteiger partial charge in [0.05, 0.1) is 6.54 Å². The minimum absolute atomic E-state index is 0.0276. The molecule has 0 saturated carbocycles. The van der Waals surface area contributed by atoms with Crippen molar-refractivity contribution in [2.75, 3.05) is 46.1 Å². The minimum Gasteiger partial charge on any atom is -0.492 e. The third-order valence-corrected chi connectivity index (χ3v) is 5.17. The third kappa shape index (κ3) is 5.12. The van der Waals surface area contributed by atoms with Gasteiger partial charge in [-0.2, -0.15) is 0 Å². The first-order valence-electron chi connectivity index (χ1n) is 10.0. The molecule has 1 fully saturated rings. The summed E-state index contributed by atoms with van der Waals surface area (Å²) in [6, 6.07) is 13.9. The van der Waals surface area contributed by atoms with E-state index in [0.29, 0.717) is 19.9 Å². The van der Waals surface area contributed by atoms with Crippen LogP contribution in [0.4, 0.5) is 4.79 Å². The zero-order valence-electron chi connectivity index (χ0n) is 16.7. The Kier molecular flexibility index (Phi) is 6.05. The molecular formula is C22H27N3O4. The summed E-state index contributed by atoms with van der Waals surface area (Å²) in [6.45, 7) is 7.26. The molecule has 2 amide bonds. The van der Waals surface area contributed by atoms with Crippen molar-refractivity contribution in [1.82, 2.24) is 15.1 Å². The number of urea groups is 1. The van der Waals surface area contributed by atoms with Gasteiger partial charge in [-0.05, 0) is 36.8 Å². The Balaban J connectivity index is 1.15. The highest BCUT2D eigenvalue weighted by Crippen LogP contribution is 2.32. The molecule has 7 heteroatoms. The maximum absolute atomic E-state index is 12.4. The molecule has 2 aromatic carbocycles. The highest BCUT2D eigenvalue weighted by Gasteiger charge is 2.21. The van der Waals surface area contributed by atoms with Crippen LogP contribution in [-0.4, -0.2) is 62.0 Å². The fourth-order valence-corrected chi connectivity index (χ4v) is 3.48. The minimum atomic E-state index is -0.0276. The molecule has 2 aliphatic heterocycles. The molecule has 0 bridgehead atoms. The highest BCUT2D eigenvalue weighted by molar-refractivity contribution is 5.74. The first kappa shape index (κ1) is 19.4. The van der Waals surface area contributed by atoms with Crippen molar-refractivity contribution in [3.63, 3.8) is 0 Å².